The maximum atomic E-state index is 12.3. The predicted molar refractivity (Wildman–Crippen MR) is 103 cm³/mol. The molecular formula is C21H22N2O3. The van der Waals surface area contributed by atoms with Crippen molar-refractivity contribution in [2.75, 3.05) is 13.7 Å². The molecule has 2 N–H and O–H groups in total. The summed E-state index contributed by atoms with van der Waals surface area (Å²) in [4.78, 5) is 27.4. The number of amides is 1. The Labute approximate surface area is 152 Å². The maximum Gasteiger partial charge on any atom is 0.251 e. The number of methoxy groups -OCH3 is 1. The van der Waals surface area contributed by atoms with Crippen molar-refractivity contribution < 1.29 is 9.53 Å². The van der Waals surface area contributed by atoms with Gasteiger partial charge in [0, 0.05) is 23.7 Å². The van der Waals surface area contributed by atoms with E-state index in [1.165, 1.54) is 0 Å². The molecule has 0 atom stereocenters. The van der Waals surface area contributed by atoms with Gasteiger partial charge in [-0.1, -0.05) is 6.07 Å². The molecule has 3 rings (SSSR count). The molecule has 0 bridgehead atoms. The predicted octanol–water partition coefficient (Wildman–Crippen LogP) is 3.13. The minimum absolute atomic E-state index is 0.130. The molecule has 0 aliphatic rings. The van der Waals surface area contributed by atoms with Crippen LogP contribution in [0.2, 0.25) is 0 Å². The fourth-order valence-corrected chi connectivity index (χ4v) is 2.83. The largest absolute Gasteiger partial charge is 0.497 e. The van der Waals surface area contributed by atoms with E-state index in [4.69, 9.17) is 4.74 Å². The molecule has 0 aliphatic heterocycles. The minimum Gasteiger partial charge on any atom is -0.497 e. The highest BCUT2D eigenvalue weighted by Crippen LogP contribution is 2.18. The standard InChI is InChI=1S/C21H22N2O3/c1-13-4-5-16(10-14(13)2)20(24)22-9-8-17-11-15-6-7-18(26-3)12-19(15)23-21(17)25/h4-7,10-12H,8-9H2,1-3H3,(H,22,24)(H,23,25). The Hall–Kier alpha value is -3.08. The summed E-state index contributed by atoms with van der Waals surface area (Å²) in [5.41, 5.74) is 4.10. The third-order valence-electron chi connectivity index (χ3n) is 4.58. The molecule has 0 saturated heterocycles. The Morgan fingerprint density at radius 2 is 1.88 bits per heavy atom. The van der Waals surface area contributed by atoms with Gasteiger partial charge in [-0.3, -0.25) is 9.59 Å². The quantitative estimate of drug-likeness (QED) is 0.743. The van der Waals surface area contributed by atoms with Crippen molar-refractivity contribution in [3.63, 3.8) is 0 Å². The number of aromatic nitrogens is 1. The number of rotatable bonds is 5. The molecule has 0 radical (unpaired) electrons. The van der Waals surface area contributed by atoms with Crippen LogP contribution in [0.5, 0.6) is 5.75 Å². The summed E-state index contributed by atoms with van der Waals surface area (Å²) < 4.78 is 5.17. The van der Waals surface area contributed by atoms with Crippen molar-refractivity contribution in [3.8, 4) is 5.75 Å². The van der Waals surface area contributed by atoms with Gasteiger partial charge in [-0.2, -0.15) is 0 Å². The lowest BCUT2D eigenvalue weighted by Crippen LogP contribution is -2.27. The Morgan fingerprint density at radius 3 is 2.62 bits per heavy atom. The van der Waals surface area contributed by atoms with E-state index in [2.05, 4.69) is 10.3 Å². The average molecular weight is 350 g/mol. The van der Waals surface area contributed by atoms with E-state index in [1.807, 2.05) is 50.2 Å². The Kier molecular flexibility index (Phi) is 5.07. The molecule has 0 fully saturated rings. The van der Waals surface area contributed by atoms with Gasteiger partial charge < -0.3 is 15.0 Å². The van der Waals surface area contributed by atoms with E-state index in [0.717, 1.165) is 22.0 Å². The van der Waals surface area contributed by atoms with Crippen LogP contribution in [0.25, 0.3) is 10.9 Å². The lowest BCUT2D eigenvalue weighted by atomic mass is 10.1. The molecule has 0 aliphatic carbocycles. The first-order valence-electron chi connectivity index (χ1n) is 8.53. The fraction of sp³-hybridized carbons (Fsp3) is 0.238. The minimum atomic E-state index is -0.147. The SMILES string of the molecule is COc1ccc2cc(CCNC(=O)c3ccc(C)c(C)c3)c(=O)[nH]c2c1. The van der Waals surface area contributed by atoms with E-state index < -0.39 is 0 Å². The van der Waals surface area contributed by atoms with Crippen LogP contribution in [0.1, 0.15) is 27.0 Å². The van der Waals surface area contributed by atoms with Crippen molar-refractivity contribution in [1.82, 2.24) is 10.3 Å². The number of benzene rings is 2. The Morgan fingerprint density at radius 1 is 1.08 bits per heavy atom. The molecule has 1 amide bonds. The molecule has 5 nitrogen and oxygen atoms in total. The third-order valence-corrected chi connectivity index (χ3v) is 4.58. The summed E-state index contributed by atoms with van der Waals surface area (Å²) in [5, 5.41) is 3.81. The van der Waals surface area contributed by atoms with Crippen LogP contribution in [-0.4, -0.2) is 24.5 Å². The van der Waals surface area contributed by atoms with Gasteiger partial charge in [0.05, 0.1) is 12.6 Å². The van der Waals surface area contributed by atoms with Gasteiger partial charge in [-0.05, 0) is 67.1 Å². The van der Waals surface area contributed by atoms with Crippen LogP contribution < -0.4 is 15.6 Å². The summed E-state index contributed by atoms with van der Waals surface area (Å²) in [7, 11) is 1.59. The molecule has 0 spiro atoms. The van der Waals surface area contributed by atoms with E-state index in [-0.39, 0.29) is 11.5 Å². The van der Waals surface area contributed by atoms with Crippen molar-refractivity contribution in [2.45, 2.75) is 20.3 Å². The van der Waals surface area contributed by atoms with E-state index >= 15 is 0 Å². The summed E-state index contributed by atoms with van der Waals surface area (Å²) in [5.74, 6) is 0.566. The highest BCUT2D eigenvalue weighted by atomic mass is 16.5. The van der Waals surface area contributed by atoms with Gasteiger partial charge >= 0.3 is 0 Å². The highest BCUT2D eigenvalue weighted by molar-refractivity contribution is 5.94. The normalized spacial score (nSPS) is 10.7. The summed E-state index contributed by atoms with van der Waals surface area (Å²) in [6, 6.07) is 13.0. The van der Waals surface area contributed by atoms with Gasteiger partial charge in [0.1, 0.15) is 5.75 Å². The van der Waals surface area contributed by atoms with E-state index in [1.54, 1.807) is 13.2 Å². The first-order valence-corrected chi connectivity index (χ1v) is 8.53. The zero-order valence-electron chi connectivity index (χ0n) is 15.2. The summed E-state index contributed by atoms with van der Waals surface area (Å²) in [6.07, 6.45) is 0.466. The zero-order chi connectivity index (χ0) is 18.7. The third kappa shape index (κ3) is 3.77. The first kappa shape index (κ1) is 17.7. The topological polar surface area (TPSA) is 71.2 Å². The van der Waals surface area contributed by atoms with Crippen LogP contribution in [0.4, 0.5) is 0 Å². The van der Waals surface area contributed by atoms with E-state index in [0.29, 0.717) is 29.8 Å². The number of aryl methyl sites for hydroxylation is 2. The smallest absolute Gasteiger partial charge is 0.251 e. The monoisotopic (exact) mass is 350 g/mol. The van der Waals surface area contributed by atoms with Gasteiger partial charge in [0.15, 0.2) is 0 Å². The van der Waals surface area contributed by atoms with Crippen LogP contribution >= 0.6 is 0 Å². The van der Waals surface area contributed by atoms with E-state index in [9.17, 15) is 9.59 Å². The molecular weight excluding hydrogens is 328 g/mol. The molecule has 1 heterocycles. The Bertz CT molecular complexity index is 1020. The molecule has 0 saturated carbocycles. The van der Waals surface area contributed by atoms with Gasteiger partial charge in [0.25, 0.3) is 11.5 Å². The van der Waals surface area contributed by atoms with Crippen LogP contribution in [-0.2, 0) is 6.42 Å². The summed E-state index contributed by atoms with van der Waals surface area (Å²) >= 11 is 0. The highest BCUT2D eigenvalue weighted by Gasteiger charge is 2.08. The van der Waals surface area contributed by atoms with Crippen LogP contribution in [0.15, 0.2) is 47.3 Å². The molecule has 3 aromatic rings. The van der Waals surface area contributed by atoms with Gasteiger partial charge in [0.2, 0.25) is 0 Å². The van der Waals surface area contributed by atoms with Crippen molar-refractivity contribution in [2.24, 2.45) is 0 Å². The van der Waals surface area contributed by atoms with Crippen LogP contribution in [0.3, 0.4) is 0 Å². The molecule has 5 heteroatoms. The van der Waals surface area contributed by atoms with Crippen molar-refractivity contribution >= 4 is 16.8 Å². The fourth-order valence-electron chi connectivity index (χ4n) is 2.83. The molecule has 134 valence electrons. The van der Waals surface area contributed by atoms with Crippen molar-refractivity contribution in [1.29, 1.82) is 0 Å². The van der Waals surface area contributed by atoms with Gasteiger partial charge in [-0.25, -0.2) is 0 Å². The molecule has 0 unspecified atom stereocenters. The zero-order valence-corrected chi connectivity index (χ0v) is 15.2. The number of hydrogen-bond donors (Lipinski definition) is 2. The number of hydrogen-bond acceptors (Lipinski definition) is 3. The molecule has 1 aromatic heterocycles. The number of aromatic amines is 1. The number of ether oxygens (including phenoxy) is 1. The average Bonchev–Trinajstić information content (AvgIpc) is 2.63. The van der Waals surface area contributed by atoms with Gasteiger partial charge in [-0.15, -0.1) is 0 Å². The molecule has 26 heavy (non-hydrogen) atoms. The number of carbonyl (C=O) groups is 1. The lowest BCUT2D eigenvalue weighted by molar-refractivity contribution is 0.0954. The second kappa shape index (κ2) is 7.44. The van der Waals surface area contributed by atoms with Crippen LogP contribution in [0, 0.1) is 13.8 Å². The second-order valence-corrected chi connectivity index (χ2v) is 6.38. The lowest BCUT2D eigenvalue weighted by Gasteiger charge is -2.08. The number of H-pyrrole nitrogens is 1. The number of fused-ring (bicyclic) bond motifs is 1. The van der Waals surface area contributed by atoms with Crippen molar-refractivity contribution in [3.05, 3.63) is 75.1 Å². The number of nitrogens with one attached hydrogen (secondary N) is 2. The first-order chi connectivity index (χ1) is 12.5. The number of pyridine rings is 1. The molecule has 2 aromatic carbocycles. The second-order valence-electron chi connectivity index (χ2n) is 6.38. The Balaban J connectivity index is 1.69. The maximum absolute atomic E-state index is 12.3. The number of carbonyl (C=O) groups excluding carboxylic acids is 1. The summed E-state index contributed by atoms with van der Waals surface area (Å²) in [6.45, 7) is 4.39.